The third-order valence-corrected chi connectivity index (χ3v) is 8.45. The first-order valence-electron chi connectivity index (χ1n) is 14.7. The molecule has 1 aliphatic heterocycles. The largest absolute Gasteiger partial charge is 0.480 e. The Morgan fingerprint density at radius 1 is 0.935 bits per heavy atom. The van der Waals surface area contributed by atoms with Gasteiger partial charge < -0.3 is 30.1 Å². The lowest BCUT2D eigenvalue weighted by atomic mass is 10.0. The number of benzene rings is 3. The summed E-state index contributed by atoms with van der Waals surface area (Å²) in [7, 11) is 0. The number of hydrogen-bond acceptors (Lipinski definition) is 8. The Balaban J connectivity index is 1.43. The van der Waals surface area contributed by atoms with E-state index in [9.17, 15) is 29.1 Å². The van der Waals surface area contributed by atoms with Gasteiger partial charge in [0.2, 0.25) is 5.91 Å². The minimum atomic E-state index is -1.25. The predicted molar refractivity (Wildman–Crippen MR) is 173 cm³/mol. The van der Waals surface area contributed by atoms with Crippen molar-refractivity contribution in [1.29, 1.82) is 0 Å². The molecule has 4 rings (SSSR count). The maximum atomic E-state index is 13.6. The van der Waals surface area contributed by atoms with Crippen LogP contribution in [0.2, 0.25) is 0 Å². The number of rotatable bonds is 10. The van der Waals surface area contributed by atoms with Crippen LogP contribution in [0, 0.1) is 0 Å². The minimum absolute atomic E-state index is 0.140. The van der Waals surface area contributed by atoms with E-state index in [1.807, 2.05) is 30.3 Å². The van der Waals surface area contributed by atoms with Crippen molar-refractivity contribution in [3.63, 3.8) is 0 Å². The molecule has 1 unspecified atom stereocenters. The number of nitrogens with zero attached hydrogens (tertiary/aromatic N) is 1. The van der Waals surface area contributed by atoms with Gasteiger partial charge in [-0.25, -0.2) is 9.59 Å². The number of carbonyl (C=O) groups excluding carboxylic acids is 4. The molecule has 1 fully saturated rings. The van der Waals surface area contributed by atoms with Crippen molar-refractivity contribution < 1.29 is 38.6 Å². The van der Waals surface area contributed by atoms with E-state index in [2.05, 4.69) is 10.6 Å². The van der Waals surface area contributed by atoms with Crippen molar-refractivity contribution in [2.45, 2.75) is 62.5 Å². The lowest BCUT2D eigenvalue weighted by molar-refractivity contribution is -0.161. The third kappa shape index (κ3) is 8.87. The zero-order valence-electron chi connectivity index (χ0n) is 26.0. The van der Waals surface area contributed by atoms with Gasteiger partial charge in [-0.15, -0.1) is 11.8 Å². The molecule has 3 aromatic rings. The molecule has 11 nitrogen and oxygen atoms in total. The van der Waals surface area contributed by atoms with Gasteiger partial charge in [0.15, 0.2) is 5.37 Å². The Kier molecular flexibility index (Phi) is 11.1. The highest BCUT2D eigenvalue weighted by atomic mass is 32.2. The van der Waals surface area contributed by atoms with Crippen LogP contribution in [0.15, 0.2) is 84.9 Å². The third-order valence-electron chi connectivity index (χ3n) is 7.02. The molecule has 242 valence electrons. The number of carbonyl (C=O) groups is 5. The summed E-state index contributed by atoms with van der Waals surface area (Å²) in [6.45, 7) is 6.35. The molecule has 0 aliphatic carbocycles. The topological polar surface area (TPSA) is 151 Å². The Morgan fingerprint density at radius 3 is 2.22 bits per heavy atom. The quantitative estimate of drug-likeness (QED) is 0.256. The molecular formula is C34H37N3O8S. The number of carboxylic acids is 1. The number of esters is 2. The highest BCUT2D eigenvalue weighted by Crippen LogP contribution is 2.45. The van der Waals surface area contributed by atoms with Crippen molar-refractivity contribution in [1.82, 2.24) is 10.2 Å². The molecule has 1 heterocycles. The van der Waals surface area contributed by atoms with Crippen LogP contribution in [-0.2, 0) is 35.3 Å². The minimum Gasteiger partial charge on any atom is -0.480 e. The second-order valence-electron chi connectivity index (χ2n) is 11.7. The molecule has 1 aliphatic rings. The van der Waals surface area contributed by atoms with Crippen molar-refractivity contribution in [3.8, 4) is 0 Å². The van der Waals surface area contributed by atoms with E-state index in [4.69, 9.17) is 9.47 Å². The maximum Gasteiger partial charge on any atom is 0.340 e. The Labute approximate surface area is 271 Å². The molecule has 3 N–H and O–H groups in total. The van der Waals surface area contributed by atoms with Gasteiger partial charge in [-0.2, -0.15) is 0 Å². The molecule has 3 aromatic carbocycles. The number of nitrogens with one attached hydrogen (secondary N) is 2. The van der Waals surface area contributed by atoms with Crippen LogP contribution in [0.25, 0.3) is 0 Å². The zero-order valence-corrected chi connectivity index (χ0v) is 26.8. The van der Waals surface area contributed by atoms with Gasteiger partial charge in [-0.1, -0.05) is 72.8 Å². The summed E-state index contributed by atoms with van der Waals surface area (Å²) in [5, 5.41) is 12.8. The van der Waals surface area contributed by atoms with Crippen molar-refractivity contribution in [3.05, 3.63) is 102 Å². The molecule has 1 saturated heterocycles. The number of amides is 3. The number of urea groups is 1. The molecule has 4 atom stereocenters. The number of thioether (sulfide) groups is 1. The van der Waals surface area contributed by atoms with Gasteiger partial charge >= 0.3 is 23.9 Å². The lowest BCUT2D eigenvalue weighted by Gasteiger charge is -2.31. The summed E-state index contributed by atoms with van der Waals surface area (Å²) in [5.41, 5.74) is 1.51. The standard InChI is InChI=1S/C34H37N3O8S/c1-21(31(41)44-20-22-12-7-5-8-13-22)24-16-11-17-25(18-24)36-33(43)35-19-26(38)37-27(23-14-9-6-10-15-23)28(30(39)40)46-29(37)32(42)45-34(2,3)4/h5-18,21,27-29H,19-20H2,1-4H3,(H,39,40)(H2,35,36,43)/t21?,27-,28-,29-/m0/s1. The van der Waals surface area contributed by atoms with E-state index in [-0.39, 0.29) is 6.61 Å². The average molecular weight is 648 g/mol. The SMILES string of the molecule is CC(C(=O)OCc1ccccc1)c1cccc(NC(=O)NCC(=O)N2[C@H](C(=O)OC(C)(C)C)S[C@H](C(=O)O)[C@@H]2c2ccccc2)c1. The Hall–Kier alpha value is -4.84. The van der Waals surface area contributed by atoms with Crippen molar-refractivity contribution >= 4 is 47.3 Å². The average Bonchev–Trinajstić information content (AvgIpc) is 3.44. The summed E-state index contributed by atoms with van der Waals surface area (Å²) >= 11 is 0.817. The smallest absolute Gasteiger partial charge is 0.340 e. The highest BCUT2D eigenvalue weighted by Gasteiger charge is 2.52. The lowest BCUT2D eigenvalue weighted by Crippen LogP contribution is -2.48. The maximum absolute atomic E-state index is 13.6. The summed E-state index contributed by atoms with van der Waals surface area (Å²) in [5.74, 6) is -3.64. The fraction of sp³-hybridized carbons (Fsp3) is 0.324. The number of aliphatic carboxylic acids is 1. The van der Waals surface area contributed by atoms with Gasteiger partial charge in [0.1, 0.15) is 17.5 Å². The first-order valence-corrected chi connectivity index (χ1v) is 15.6. The van der Waals surface area contributed by atoms with Crippen molar-refractivity contribution in [2.75, 3.05) is 11.9 Å². The van der Waals surface area contributed by atoms with Gasteiger partial charge in [0.25, 0.3) is 0 Å². The number of carboxylic acid groups (broad SMARTS) is 1. The van der Waals surface area contributed by atoms with Crippen LogP contribution in [0.3, 0.4) is 0 Å². The monoisotopic (exact) mass is 647 g/mol. The number of ether oxygens (including phenoxy) is 2. The molecule has 0 aromatic heterocycles. The first-order chi connectivity index (χ1) is 21.8. The molecular weight excluding hydrogens is 610 g/mol. The second-order valence-corrected chi connectivity index (χ2v) is 12.9. The van der Waals surface area contributed by atoms with E-state index < -0.39 is 64.6 Å². The molecule has 12 heteroatoms. The van der Waals surface area contributed by atoms with Crippen LogP contribution in [0.5, 0.6) is 0 Å². The van der Waals surface area contributed by atoms with Crippen LogP contribution in [0.4, 0.5) is 10.5 Å². The molecule has 0 saturated carbocycles. The molecule has 0 radical (unpaired) electrons. The van der Waals surface area contributed by atoms with E-state index in [0.29, 0.717) is 16.8 Å². The molecule has 46 heavy (non-hydrogen) atoms. The van der Waals surface area contributed by atoms with Gasteiger partial charge in [-0.05, 0) is 56.5 Å². The van der Waals surface area contributed by atoms with E-state index >= 15 is 0 Å². The first kappa shape index (κ1) is 34.0. The molecule has 3 amide bonds. The van der Waals surface area contributed by atoms with Gasteiger partial charge in [-0.3, -0.25) is 14.4 Å². The van der Waals surface area contributed by atoms with Crippen LogP contribution < -0.4 is 10.6 Å². The Bertz CT molecular complexity index is 1560. The van der Waals surface area contributed by atoms with Gasteiger partial charge in [0, 0.05) is 5.69 Å². The van der Waals surface area contributed by atoms with Gasteiger partial charge in [0.05, 0.1) is 18.5 Å². The summed E-state index contributed by atoms with van der Waals surface area (Å²) in [4.78, 5) is 65.8. The van der Waals surface area contributed by atoms with Crippen LogP contribution in [-0.4, -0.2) is 62.6 Å². The summed E-state index contributed by atoms with van der Waals surface area (Å²) in [6, 6.07) is 22.9. The second kappa shape index (κ2) is 15.0. The fourth-order valence-electron chi connectivity index (χ4n) is 4.85. The molecule has 0 spiro atoms. The fourth-order valence-corrected chi connectivity index (χ4v) is 6.22. The normalized spacial score (nSPS) is 18.3. The Morgan fingerprint density at radius 2 is 1.59 bits per heavy atom. The predicted octanol–water partition coefficient (Wildman–Crippen LogP) is 5.09. The van der Waals surface area contributed by atoms with E-state index in [0.717, 1.165) is 17.3 Å². The van der Waals surface area contributed by atoms with E-state index in [1.165, 1.54) is 4.90 Å². The zero-order chi connectivity index (χ0) is 33.4. The highest BCUT2D eigenvalue weighted by molar-refractivity contribution is 8.02. The van der Waals surface area contributed by atoms with Crippen LogP contribution >= 0.6 is 11.8 Å². The number of anilines is 1. The van der Waals surface area contributed by atoms with Crippen LogP contribution in [0.1, 0.15) is 56.3 Å². The summed E-state index contributed by atoms with van der Waals surface area (Å²) < 4.78 is 11.0. The van der Waals surface area contributed by atoms with Crippen molar-refractivity contribution in [2.24, 2.45) is 0 Å². The van der Waals surface area contributed by atoms with E-state index in [1.54, 1.807) is 82.3 Å². The summed E-state index contributed by atoms with van der Waals surface area (Å²) in [6.07, 6.45) is 0. The molecule has 0 bridgehead atoms. The number of hydrogen-bond donors (Lipinski definition) is 3.